The summed E-state index contributed by atoms with van der Waals surface area (Å²) in [5, 5.41) is 2.74. The second-order valence-corrected chi connectivity index (χ2v) is 8.03. The maximum atomic E-state index is 12.4. The molecule has 144 valence electrons. The van der Waals surface area contributed by atoms with E-state index in [9.17, 15) is 18.0 Å². The molecule has 1 aromatic rings. The number of benzene rings is 1. The van der Waals surface area contributed by atoms with Crippen molar-refractivity contribution in [3.05, 3.63) is 24.3 Å². The van der Waals surface area contributed by atoms with Gasteiger partial charge in [-0.3, -0.25) is 9.59 Å². The van der Waals surface area contributed by atoms with Gasteiger partial charge in [0.15, 0.2) is 0 Å². The van der Waals surface area contributed by atoms with Gasteiger partial charge in [0, 0.05) is 32.3 Å². The Morgan fingerprint density at radius 1 is 1.35 bits per heavy atom. The van der Waals surface area contributed by atoms with Crippen LogP contribution in [0.25, 0.3) is 0 Å². The van der Waals surface area contributed by atoms with Crippen molar-refractivity contribution < 1.29 is 22.7 Å². The van der Waals surface area contributed by atoms with Crippen LogP contribution in [0.5, 0.6) is 0 Å². The minimum absolute atomic E-state index is 0.0678. The number of methoxy groups -OCH3 is 1. The third kappa shape index (κ3) is 4.80. The number of nitrogens with zero attached hydrogens (tertiary/aromatic N) is 1. The molecule has 0 saturated carbocycles. The van der Waals surface area contributed by atoms with E-state index in [0.717, 1.165) is 0 Å². The van der Waals surface area contributed by atoms with E-state index in [1.165, 1.54) is 24.3 Å². The van der Waals surface area contributed by atoms with Crippen LogP contribution in [0.4, 0.5) is 5.69 Å². The van der Waals surface area contributed by atoms with Crippen molar-refractivity contribution >= 4 is 27.5 Å². The first-order valence-corrected chi connectivity index (χ1v) is 9.95. The average Bonchev–Trinajstić information content (AvgIpc) is 2.97. The fourth-order valence-corrected chi connectivity index (χ4v) is 3.94. The van der Waals surface area contributed by atoms with Gasteiger partial charge in [0.1, 0.15) is 0 Å². The largest absolute Gasteiger partial charge is 0.383 e. The van der Waals surface area contributed by atoms with Crippen LogP contribution in [0.3, 0.4) is 0 Å². The van der Waals surface area contributed by atoms with E-state index < -0.39 is 15.9 Å². The third-order valence-corrected chi connectivity index (χ3v) is 5.80. The van der Waals surface area contributed by atoms with Gasteiger partial charge in [0.2, 0.25) is 21.8 Å². The SMILES string of the molecule is CCNS(=O)(=O)c1ccc(NC(=O)[C@H]2CC(=O)N([C@H](C)COC)C2)cc1. The lowest BCUT2D eigenvalue weighted by atomic mass is 10.1. The van der Waals surface area contributed by atoms with Crippen molar-refractivity contribution in [2.75, 3.05) is 32.1 Å². The van der Waals surface area contributed by atoms with Crippen LogP contribution in [-0.2, 0) is 24.3 Å². The molecule has 8 nitrogen and oxygen atoms in total. The molecule has 0 radical (unpaired) electrons. The fourth-order valence-electron chi connectivity index (χ4n) is 2.90. The summed E-state index contributed by atoms with van der Waals surface area (Å²) in [5.74, 6) is -0.762. The molecule has 26 heavy (non-hydrogen) atoms. The molecule has 0 aliphatic carbocycles. The Kier molecular flexibility index (Phi) is 6.74. The molecule has 1 aromatic carbocycles. The molecule has 1 heterocycles. The van der Waals surface area contributed by atoms with Gasteiger partial charge in [0.25, 0.3) is 0 Å². The Hall–Kier alpha value is -1.97. The highest BCUT2D eigenvalue weighted by molar-refractivity contribution is 7.89. The topological polar surface area (TPSA) is 105 Å². The molecule has 2 rings (SSSR count). The molecule has 2 atom stereocenters. The second-order valence-electron chi connectivity index (χ2n) is 6.27. The van der Waals surface area contributed by atoms with Gasteiger partial charge in [-0.2, -0.15) is 0 Å². The average molecular weight is 383 g/mol. The van der Waals surface area contributed by atoms with Crippen LogP contribution >= 0.6 is 0 Å². The lowest BCUT2D eigenvalue weighted by Crippen LogP contribution is -2.38. The number of nitrogens with one attached hydrogen (secondary N) is 2. The number of carbonyl (C=O) groups is 2. The van der Waals surface area contributed by atoms with Gasteiger partial charge in [0.05, 0.1) is 23.5 Å². The predicted molar refractivity (Wildman–Crippen MR) is 97.1 cm³/mol. The van der Waals surface area contributed by atoms with Gasteiger partial charge in [-0.1, -0.05) is 6.92 Å². The molecule has 1 saturated heterocycles. The molecule has 0 unspecified atom stereocenters. The maximum Gasteiger partial charge on any atom is 0.240 e. The number of ether oxygens (including phenoxy) is 1. The van der Waals surface area contributed by atoms with Crippen LogP contribution < -0.4 is 10.0 Å². The lowest BCUT2D eigenvalue weighted by molar-refractivity contribution is -0.130. The van der Waals surface area contributed by atoms with Crippen molar-refractivity contribution in [1.29, 1.82) is 0 Å². The van der Waals surface area contributed by atoms with E-state index in [2.05, 4.69) is 10.0 Å². The van der Waals surface area contributed by atoms with Crippen molar-refractivity contribution in [2.24, 2.45) is 5.92 Å². The summed E-state index contributed by atoms with van der Waals surface area (Å²) in [5.41, 5.74) is 0.487. The summed E-state index contributed by atoms with van der Waals surface area (Å²) >= 11 is 0. The first kappa shape index (κ1) is 20.3. The standard InChI is InChI=1S/C17H25N3O5S/c1-4-18-26(23,24)15-7-5-14(6-8-15)19-17(22)13-9-16(21)20(10-13)12(2)11-25-3/h5-8,12-13,18H,4,9-11H2,1-3H3,(H,19,22)/t12-,13+/m1/s1. The number of carbonyl (C=O) groups excluding carboxylic acids is 2. The highest BCUT2D eigenvalue weighted by Gasteiger charge is 2.36. The first-order valence-electron chi connectivity index (χ1n) is 8.47. The minimum Gasteiger partial charge on any atom is -0.383 e. The van der Waals surface area contributed by atoms with Crippen LogP contribution in [0.2, 0.25) is 0 Å². The Bertz CT molecular complexity index is 748. The zero-order chi connectivity index (χ0) is 19.3. The molecule has 0 spiro atoms. The molecule has 2 amide bonds. The monoisotopic (exact) mass is 383 g/mol. The molecule has 1 fully saturated rings. The van der Waals surface area contributed by atoms with Gasteiger partial charge in [-0.05, 0) is 31.2 Å². The van der Waals surface area contributed by atoms with Crippen molar-refractivity contribution in [3.8, 4) is 0 Å². The summed E-state index contributed by atoms with van der Waals surface area (Å²) < 4.78 is 31.3. The zero-order valence-electron chi connectivity index (χ0n) is 15.2. The number of rotatable bonds is 8. The Balaban J connectivity index is 1.99. The molecular formula is C17H25N3O5S. The molecule has 0 bridgehead atoms. The zero-order valence-corrected chi connectivity index (χ0v) is 16.0. The maximum absolute atomic E-state index is 12.4. The molecule has 9 heteroatoms. The Labute approximate surface area is 153 Å². The smallest absolute Gasteiger partial charge is 0.240 e. The summed E-state index contributed by atoms with van der Waals surface area (Å²) in [6, 6.07) is 5.84. The van der Waals surface area contributed by atoms with E-state index >= 15 is 0 Å². The van der Waals surface area contributed by atoms with Gasteiger partial charge in [-0.15, -0.1) is 0 Å². The first-order chi connectivity index (χ1) is 12.3. The number of hydrogen-bond acceptors (Lipinski definition) is 5. The second kappa shape index (κ2) is 8.61. The Morgan fingerprint density at radius 3 is 2.58 bits per heavy atom. The number of hydrogen-bond donors (Lipinski definition) is 2. The predicted octanol–water partition coefficient (Wildman–Crippen LogP) is 0.807. The summed E-state index contributed by atoms with van der Waals surface area (Å²) in [6.45, 7) is 4.65. The van der Waals surface area contributed by atoms with Crippen LogP contribution in [0.15, 0.2) is 29.2 Å². The number of likely N-dealkylation sites (tertiary alicyclic amines) is 1. The molecule has 2 N–H and O–H groups in total. The van der Waals surface area contributed by atoms with E-state index in [-0.39, 0.29) is 29.2 Å². The molecule has 1 aliphatic rings. The third-order valence-electron chi connectivity index (χ3n) is 4.24. The van der Waals surface area contributed by atoms with E-state index in [1.807, 2.05) is 6.92 Å². The van der Waals surface area contributed by atoms with Crippen molar-refractivity contribution in [2.45, 2.75) is 31.2 Å². The normalized spacial score (nSPS) is 18.8. The summed E-state index contributed by atoms with van der Waals surface area (Å²) in [7, 11) is -1.96. The van der Waals surface area contributed by atoms with E-state index in [0.29, 0.717) is 25.4 Å². The fraction of sp³-hybridized carbons (Fsp3) is 0.529. The molecule has 1 aliphatic heterocycles. The number of anilines is 1. The van der Waals surface area contributed by atoms with E-state index in [1.54, 1.807) is 18.9 Å². The molecule has 0 aromatic heterocycles. The van der Waals surface area contributed by atoms with Gasteiger partial charge in [-0.25, -0.2) is 13.1 Å². The lowest BCUT2D eigenvalue weighted by Gasteiger charge is -2.23. The van der Waals surface area contributed by atoms with Gasteiger partial charge >= 0.3 is 0 Å². The van der Waals surface area contributed by atoms with Crippen LogP contribution in [0.1, 0.15) is 20.3 Å². The summed E-state index contributed by atoms with van der Waals surface area (Å²) in [4.78, 5) is 26.3. The van der Waals surface area contributed by atoms with Crippen LogP contribution in [-0.4, -0.2) is 58.0 Å². The Morgan fingerprint density at radius 2 is 2.00 bits per heavy atom. The van der Waals surface area contributed by atoms with Gasteiger partial charge < -0.3 is 15.0 Å². The van der Waals surface area contributed by atoms with E-state index in [4.69, 9.17) is 4.74 Å². The highest BCUT2D eigenvalue weighted by Crippen LogP contribution is 2.22. The molecular weight excluding hydrogens is 358 g/mol. The summed E-state index contributed by atoms with van der Waals surface area (Å²) in [6.07, 6.45) is 0.159. The minimum atomic E-state index is -3.53. The van der Waals surface area contributed by atoms with Crippen molar-refractivity contribution in [3.63, 3.8) is 0 Å². The number of amides is 2. The number of sulfonamides is 1. The van der Waals surface area contributed by atoms with Crippen molar-refractivity contribution in [1.82, 2.24) is 9.62 Å². The quantitative estimate of drug-likeness (QED) is 0.691. The highest BCUT2D eigenvalue weighted by atomic mass is 32.2. The van der Waals surface area contributed by atoms with Crippen LogP contribution in [0, 0.1) is 5.92 Å².